The van der Waals surface area contributed by atoms with Crippen LogP contribution in [0.1, 0.15) is 26.3 Å². The Balaban J connectivity index is 3.06. The van der Waals surface area contributed by atoms with Crippen LogP contribution in [0.15, 0.2) is 27.6 Å². The van der Waals surface area contributed by atoms with Crippen LogP contribution in [-0.2, 0) is 10.0 Å². The number of aryl methyl sites for hydroxylation is 1. The number of halogens is 1. The molecular formula is C12H18BrNO2S. The number of hydrogen-bond donors (Lipinski definition) is 1. The molecule has 1 N–H and O–H groups in total. The molecule has 3 nitrogen and oxygen atoms in total. The zero-order chi connectivity index (χ0) is 13.2. The maximum absolute atomic E-state index is 12.1. The Hall–Kier alpha value is -0.390. The summed E-state index contributed by atoms with van der Waals surface area (Å²) < 4.78 is 27.5. The van der Waals surface area contributed by atoms with E-state index in [1.807, 2.05) is 27.7 Å². The summed E-state index contributed by atoms with van der Waals surface area (Å²) in [5.74, 6) is 0.258. The Kier molecular flexibility index (Phi) is 4.75. The van der Waals surface area contributed by atoms with E-state index in [9.17, 15) is 8.42 Å². The standard InChI is InChI=1S/C12H18BrNO2S/c1-8(2)10(4)14-17(15,16)12-6-5-9(3)7-11(12)13/h5-8,10,14H,1-4H3. The molecule has 0 aliphatic carbocycles. The van der Waals surface area contributed by atoms with Gasteiger partial charge in [0, 0.05) is 10.5 Å². The smallest absolute Gasteiger partial charge is 0.208 e. The lowest BCUT2D eigenvalue weighted by Crippen LogP contribution is -2.36. The minimum Gasteiger partial charge on any atom is -0.208 e. The lowest BCUT2D eigenvalue weighted by Gasteiger charge is -2.18. The molecule has 1 aromatic carbocycles. The molecule has 5 heteroatoms. The Morgan fingerprint density at radius 2 is 1.82 bits per heavy atom. The molecule has 0 radical (unpaired) electrons. The normalized spacial score (nSPS) is 14.0. The minimum atomic E-state index is -3.45. The van der Waals surface area contributed by atoms with E-state index in [4.69, 9.17) is 0 Å². The minimum absolute atomic E-state index is 0.0896. The number of hydrogen-bond acceptors (Lipinski definition) is 2. The third kappa shape index (κ3) is 3.79. The molecule has 0 bridgehead atoms. The fourth-order valence-electron chi connectivity index (χ4n) is 1.27. The highest BCUT2D eigenvalue weighted by molar-refractivity contribution is 9.10. The number of benzene rings is 1. The van der Waals surface area contributed by atoms with Gasteiger partial charge < -0.3 is 0 Å². The van der Waals surface area contributed by atoms with Crippen LogP contribution in [-0.4, -0.2) is 14.5 Å². The number of sulfonamides is 1. The summed E-state index contributed by atoms with van der Waals surface area (Å²) in [5.41, 5.74) is 1.02. The SMILES string of the molecule is Cc1ccc(S(=O)(=O)NC(C)C(C)C)c(Br)c1. The summed E-state index contributed by atoms with van der Waals surface area (Å²) >= 11 is 3.29. The molecule has 17 heavy (non-hydrogen) atoms. The second-order valence-electron chi connectivity index (χ2n) is 4.59. The summed E-state index contributed by atoms with van der Waals surface area (Å²) in [5, 5.41) is 0. The first-order chi connectivity index (χ1) is 7.74. The van der Waals surface area contributed by atoms with Gasteiger partial charge in [-0.1, -0.05) is 19.9 Å². The van der Waals surface area contributed by atoms with Gasteiger partial charge in [-0.25, -0.2) is 13.1 Å². The maximum atomic E-state index is 12.1. The Morgan fingerprint density at radius 1 is 1.24 bits per heavy atom. The van der Waals surface area contributed by atoms with Crippen LogP contribution >= 0.6 is 15.9 Å². The molecule has 1 atom stereocenters. The average molecular weight is 320 g/mol. The summed E-state index contributed by atoms with van der Waals surface area (Å²) in [6.07, 6.45) is 0. The topological polar surface area (TPSA) is 46.2 Å². The van der Waals surface area contributed by atoms with E-state index >= 15 is 0 Å². The summed E-state index contributed by atoms with van der Waals surface area (Å²) in [7, 11) is -3.45. The summed E-state index contributed by atoms with van der Waals surface area (Å²) in [6.45, 7) is 7.75. The van der Waals surface area contributed by atoms with Gasteiger partial charge in [-0.15, -0.1) is 0 Å². The Morgan fingerprint density at radius 3 is 2.29 bits per heavy atom. The molecule has 0 aliphatic heterocycles. The van der Waals surface area contributed by atoms with Crippen LogP contribution < -0.4 is 4.72 Å². The van der Waals surface area contributed by atoms with Crippen LogP contribution in [0.4, 0.5) is 0 Å². The first kappa shape index (κ1) is 14.7. The van der Waals surface area contributed by atoms with Crippen LogP contribution in [0.3, 0.4) is 0 Å². The third-order valence-electron chi connectivity index (χ3n) is 2.72. The van der Waals surface area contributed by atoms with Gasteiger partial charge in [-0.2, -0.15) is 0 Å². The largest absolute Gasteiger partial charge is 0.241 e. The highest BCUT2D eigenvalue weighted by atomic mass is 79.9. The molecule has 96 valence electrons. The van der Waals surface area contributed by atoms with Gasteiger partial charge in [0.2, 0.25) is 10.0 Å². The van der Waals surface area contributed by atoms with Crippen molar-refractivity contribution in [2.24, 2.45) is 5.92 Å². The van der Waals surface area contributed by atoms with Gasteiger partial charge in [-0.05, 0) is 53.4 Å². The number of rotatable bonds is 4. The van der Waals surface area contributed by atoms with E-state index < -0.39 is 10.0 Å². The van der Waals surface area contributed by atoms with Crippen molar-refractivity contribution in [2.75, 3.05) is 0 Å². The first-order valence-corrected chi connectivity index (χ1v) is 7.80. The Labute approximate surface area is 112 Å². The molecule has 0 aromatic heterocycles. The van der Waals surface area contributed by atoms with E-state index in [0.29, 0.717) is 4.47 Å². The van der Waals surface area contributed by atoms with Gasteiger partial charge in [0.05, 0.1) is 4.90 Å². The Bertz CT molecular complexity index is 497. The van der Waals surface area contributed by atoms with E-state index in [1.54, 1.807) is 18.2 Å². The molecular weight excluding hydrogens is 302 g/mol. The molecule has 0 fully saturated rings. The second kappa shape index (κ2) is 5.50. The van der Waals surface area contributed by atoms with Gasteiger partial charge >= 0.3 is 0 Å². The van der Waals surface area contributed by atoms with E-state index in [2.05, 4.69) is 20.7 Å². The zero-order valence-corrected chi connectivity index (χ0v) is 12.9. The summed E-state index contributed by atoms with van der Waals surface area (Å²) in [6, 6.07) is 5.12. The molecule has 1 unspecified atom stereocenters. The van der Waals surface area contributed by atoms with Crippen LogP contribution in [0.25, 0.3) is 0 Å². The van der Waals surface area contributed by atoms with E-state index in [0.717, 1.165) is 5.56 Å². The maximum Gasteiger partial charge on any atom is 0.241 e. The average Bonchev–Trinajstić information content (AvgIpc) is 2.15. The van der Waals surface area contributed by atoms with Gasteiger partial charge in [0.15, 0.2) is 0 Å². The lowest BCUT2D eigenvalue weighted by molar-refractivity contribution is 0.476. The first-order valence-electron chi connectivity index (χ1n) is 5.52. The van der Waals surface area contributed by atoms with Crippen molar-refractivity contribution in [3.63, 3.8) is 0 Å². The number of nitrogens with one attached hydrogen (secondary N) is 1. The fraction of sp³-hybridized carbons (Fsp3) is 0.500. The third-order valence-corrected chi connectivity index (χ3v) is 5.25. The van der Waals surface area contributed by atoms with Gasteiger partial charge in [-0.3, -0.25) is 0 Å². The van der Waals surface area contributed by atoms with Crippen molar-refractivity contribution >= 4 is 26.0 Å². The summed E-state index contributed by atoms with van der Waals surface area (Å²) in [4.78, 5) is 0.288. The lowest BCUT2D eigenvalue weighted by atomic mass is 10.1. The van der Waals surface area contributed by atoms with Crippen molar-refractivity contribution in [3.8, 4) is 0 Å². The fourth-order valence-corrected chi connectivity index (χ4v) is 3.85. The second-order valence-corrected chi connectivity index (χ2v) is 7.12. The van der Waals surface area contributed by atoms with Crippen LogP contribution in [0.2, 0.25) is 0 Å². The molecule has 0 amide bonds. The molecule has 0 heterocycles. The molecule has 1 rings (SSSR count). The molecule has 0 aliphatic rings. The van der Waals surface area contributed by atoms with Crippen LogP contribution in [0, 0.1) is 12.8 Å². The van der Waals surface area contributed by atoms with Crippen molar-refractivity contribution in [2.45, 2.75) is 38.6 Å². The molecule has 0 saturated carbocycles. The van der Waals surface area contributed by atoms with Gasteiger partial charge in [0.25, 0.3) is 0 Å². The van der Waals surface area contributed by atoms with Crippen molar-refractivity contribution in [1.29, 1.82) is 0 Å². The van der Waals surface area contributed by atoms with Crippen molar-refractivity contribution in [3.05, 3.63) is 28.2 Å². The predicted molar refractivity (Wildman–Crippen MR) is 73.5 cm³/mol. The predicted octanol–water partition coefficient (Wildman–Crippen LogP) is 3.08. The highest BCUT2D eigenvalue weighted by Crippen LogP contribution is 2.23. The van der Waals surface area contributed by atoms with Crippen molar-refractivity contribution in [1.82, 2.24) is 4.72 Å². The van der Waals surface area contributed by atoms with Crippen LogP contribution in [0.5, 0.6) is 0 Å². The van der Waals surface area contributed by atoms with Crippen molar-refractivity contribution < 1.29 is 8.42 Å². The monoisotopic (exact) mass is 319 g/mol. The van der Waals surface area contributed by atoms with E-state index in [1.165, 1.54) is 0 Å². The molecule has 0 saturated heterocycles. The zero-order valence-electron chi connectivity index (χ0n) is 10.5. The molecule has 0 spiro atoms. The highest BCUT2D eigenvalue weighted by Gasteiger charge is 2.21. The molecule has 1 aromatic rings. The van der Waals surface area contributed by atoms with E-state index in [-0.39, 0.29) is 16.9 Å². The quantitative estimate of drug-likeness (QED) is 0.927. The van der Waals surface area contributed by atoms with Gasteiger partial charge in [0.1, 0.15) is 0 Å².